The fourth-order valence-corrected chi connectivity index (χ4v) is 4.82. The van der Waals surface area contributed by atoms with Gasteiger partial charge < -0.3 is 14.9 Å². The lowest BCUT2D eigenvalue weighted by atomic mass is 9.83. The van der Waals surface area contributed by atoms with Gasteiger partial charge in [0.1, 0.15) is 0 Å². The van der Waals surface area contributed by atoms with E-state index in [-0.39, 0.29) is 18.6 Å². The van der Waals surface area contributed by atoms with Crippen LogP contribution < -0.4 is 0 Å². The molecule has 0 spiro atoms. The van der Waals surface area contributed by atoms with E-state index in [2.05, 4.69) is 42.5 Å². The Kier molecular flexibility index (Phi) is 8.11. The average Bonchev–Trinajstić information content (AvgIpc) is 3.00. The maximum atomic E-state index is 10.5. The molecule has 1 saturated carbocycles. The first kappa shape index (κ1) is 21.1. The van der Waals surface area contributed by atoms with Gasteiger partial charge in [-0.05, 0) is 68.8 Å². The Morgan fingerprint density at radius 3 is 2.75 bits per heavy atom. The summed E-state index contributed by atoms with van der Waals surface area (Å²) in [7, 11) is 0. The molecular formula is C24H34O4. The second-order valence-electron chi connectivity index (χ2n) is 8.38. The average molecular weight is 387 g/mol. The van der Waals surface area contributed by atoms with Crippen LogP contribution in [-0.2, 0) is 16.0 Å². The van der Waals surface area contributed by atoms with Gasteiger partial charge in [0.25, 0.3) is 0 Å². The summed E-state index contributed by atoms with van der Waals surface area (Å²) in [4.78, 5) is 10.5. The Morgan fingerprint density at radius 2 is 1.96 bits per heavy atom. The number of aliphatic carboxylic acids is 1. The van der Waals surface area contributed by atoms with Crippen LogP contribution in [0, 0.1) is 11.8 Å². The monoisotopic (exact) mass is 386 g/mol. The van der Waals surface area contributed by atoms with Crippen molar-refractivity contribution in [1.82, 2.24) is 0 Å². The lowest BCUT2D eigenvalue weighted by molar-refractivity contribution is -0.137. The molecule has 2 fully saturated rings. The van der Waals surface area contributed by atoms with Gasteiger partial charge in [-0.25, -0.2) is 0 Å². The summed E-state index contributed by atoms with van der Waals surface area (Å²) in [5, 5.41) is 19.2. The number of unbranched alkanes of at least 4 members (excludes halogenated alkanes) is 2. The lowest BCUT2D eigenvalue weighted by Crippen LogP contribution is -2.34. The van der Waals surface area contributed by atoms with Crippen molar-refractivity contribution in [3.05, 3.63) is 48.0 Å². The highest BCUT2D eigenvalue weighted by molar-refractivity contribution is 5.66. The van der Waals surface area contributed by atoms with E-state index in [0.29, 0.717) is 17.9 Å². The molecule has 3 rings (SSSR count). The molecule has 1 aliphatic heterocycles. The normalized spacial score (nSPS) is 29.8. The van der Waals surface area contributed by atoms with Crippen LogP contribution in [0.4, 0.5) is 0 Å². The van der Waals surface area contributed by atoms with Crippen LogP contribution in [0.1, 0.15) is 63.4 Å². The zero-order chi connectivity index (χ0) is 19.8. The quantitative estimate of drug-likeness (QED) is 0.450. The maximum Gasteiger partial charge on any atom is 0.303 e. The Labute approximate surface area is 168 Å². The summed E-state index contributed by atoms with van der Waals surface area (Å²) in [6.45, 7) is 0. The Balaban J connectivity index is 1.39. The maximum absolute atomic E-state index is 10.5. The van der Waals surface area contributed by atoms with E-state index >= 15 is 0 Å². The molecule has 28 heavy (non-hydrogen) atoms. The van der Waals surface area contributed by atoms with Crippen LogP contribution in [0.15, 0.2) is 42.5 Å². The molecule has 4 heteroatoms. The highest BCUT2D eigenvalue weighted by Crippen LogP contribution is 2.44. The molecule has 154 valence electrons. The molecule has 0 aromatic heterocycles. The van der Waals surface area contributed by atoms with Crippen molar-refractivity contribution in [3.8, 4) is 0 Å². The van der Waals surface area contributed by atoms with Crippen molar-refractivity contribution < 1.29 is 19.7 Å². The number of carbonyl (C=O) groups is 1. The minimum atomic E-state index is -0.719. The molecule has 4 nitrogen and oxygen atoms in total. The van der Waals surface area contributed by atoms with Crippen molar-refractivity contribution in [2.24, 2.45) is 11.8 Å². The smallest absolute Gasteiger partial charge is 0.303 e. The van der Waals surface area contributed by atoms with Gasteiger partial charge in [-0.2, -0.15) is 0 Å². The molecule has 0 amide bonds. The molecule has 5 atom stereocenters. The van der Waals surface area contributed by atoms with E-state index in [4.69, 9.17) is 9.84 Å². The molecule has 1 saturated heterocycles. The van der Waals surface area contributed by atoms with Gasteiger partial charge in [-0.1, -0.05) is 42.5 Å². The Hall–Kier alpha value is -1.65. The highest BCUT2D eigenvalue weighted by atomic mass is 16.5. The number of rotatable bonds is 10. The minimum Gasteiger partial charge on any atom is -0.481 e. The van der Waals surface area contributed by atoms with Gasteiger partial charge in [-0.3, -0.25) is 4.79 Å². The van der Waals surface area contributed by atoms with Crippen molar-refractivity contribution in [2.45, 2.75) is 82.5 Å². The molecule has 1 aliphatic carbocycles. The molecule has 2 aliphatic rings. The van der Waals surface area contributed by atoms with Gasteiger partial charge in [0.05, 0.1) is 18.3 Å². The number of carboxylic acids is 1. The summed E-state index contributed by atoms with van der Waals surface area (Å²) < 4.78 is 6.37. The number of fused-ring (bicyclic) bond motifs is 1. The van der Waals surface area contributed by atoms with Crippen LogP contribution in [0.5, 0.6) is 0 Å². The van der Waals surface area contributed by atoms with Crippen molar-refractivity contribution in [1.29, 1.82) is 0 Å². The summed E-state index contributed by atoms with van der Waals surface area (Å²) in [6, 6.07) is 10.6. The number of allylic oxidation sites excluding steroid dienone is 2. The molecular weight excluding hydrogens is 352 g/mol. The largest absolute Gasteiger partial charge is 0.481 e. The predicted octanol–water partition coefficient (Wildman–Crippen LogP) is 4.76. The van der Waals surface area contributed by atoms with Gasteiger partial charge in [0.2, 0.25) is 0 Å². The first-order chi connectivity index (χ1) is 13.6. The number of carboxylic acid groups (broad SMARTS) is 1. The lowest BCUT2D eigenvalue weighted by Gasteiger charge is -2.34. The molecule has 1 aromatic carbocycles. The van der Waals surface area contributed by atoms with Crippen molar-refractivity contribution >= 4 is 5.97 Å². The highest BCUT2D eigenvalue weighted by Gasteiger charge is 2.45. The first-order valence-corrected chi connectivity index (χ1v) is 10.9. The second kappa shape index (κ2) is 10.8. The summed E-state index contributed by atoms with van der Waals surface area (Å²) >= 11 is 0. The third-order valence-electron chi connectivity index (χ3n) is 6.37. The zero-order valence-electron chi connectivity index (χ0n) is 16.7. The fraction of sp³-hybridized carbons (Fsp3) is 0.625. The number of hydrogen-bond donors (Lipinski definition) is 2. The van der Waals surface area contributed by atoms with Gasteiger partial charge in [0, 0.05) is 12.8 Å². The van der Waals surface area contributed by atoms with Crippen LogP contribution in [0.3, 0.4) is 0 Å². The second-order valence-corrected chi connectivity index (χ2v) is 8.38. The van der Waals surface area contributed by atoms with E-state index < -0.39 is 5.97 Å². The summed E-state index contributed by atoms with van der Waals surface area (Å²) in [6.07, 6.45) is 13.4. The Morgan fingerprint density at radius 1 is 1.14 bits per heavy atom. The predicted molar refractivity (Wildman–Crippen MR) is 110 cm³/mol. The van der Waals surface area contributed by atoms with Crippen LogP contribution in [0.2, 0.25) is 0 Å². The fourth-order valence-electron chi connectivity index (χ4n) is 4.82. The summed E-state index contributed by atoms with van der Waals surface area (Å²) in [5.74, 6) is 0.0541. The number of hydrogen-bond acceptors (Lipinski definition) is 3. The van der Waals surface area contributed by atoms with E-state index in [1.165, 1.54) is 5.56 Å². The van der Waals surface area contributed by atoms with E-state index in [0.717, 1.165) is 57.8 Å². The van der Waals surface area contributed by atoms with Gasteiger partial charge >= 0.3 is 5.97 Å². The van der Waals surface area contributed by atoms with E-state index in [1.807, 2.05) is 0 Å². The van der Waals surface area contributed by atoms with Crippen molar-refractivity contribution in [2.75, 3.05) is 0 Å². The molecule has 0 bridgehead atoms. The third kappa shape index (κ3) is 6.18. The van der Waals surface area contributed by atoms with Gasteiger partial charge in [0.15, 0.2) is 0 Å². The number of benzene rings is 1. The van der Waals surface area contributed by atoms with Crippen LogP contribution in [0.25, 0.3) is 0 Å². The molecule has 1 heterocycles. The number of aryl methyl sites for hydroxylation is 1. The van der Waals surface area contributed by atoms with Crippen LogP contribution in [-0.4, -0.2) is 34.5 Å². The number of aliphatic hydroxyl groups is 1. The standard InChI is InChI=1S/C24H34O4/c25-22-17-23-21(20(22)11-7-2-1-3-8-12-24(26)27)16-15-19(28-23)14-13-18-9-5-4-6-10-18/h2,4-7,9-10,19-23,25H,1,3,8,11-17H2,(H,26,27)/b7-2-/t19?,20-,21-,22+,23?/m1/s1. The number of aliphatic hydroxyl groups excluding tert-OH is 1. The van der Waals surface area contributed by atoms with Gasteiger partial charge in [-0.15, -0.1) is 0 Å². The molecule has 0 radical (unpaired) electrons. The molecule has 2 unspecified atom stereocenters. The van der Waals surface area contributed by atoms with Crippen molar-refractivity contribution in [3.63, 3.8) is 0 Å². The minimum absolute atomic E-state index is 0.207. The molecule has 1 aromatic rings. The number of ether oxygens (including phenoxy) is 1. The van der Waals surface area contributed by atoms with E-state index in [1.54, 1.807) is 0 Å². The SMILES string of the molecule is O=C(O)CCCC/C=C\C[C@H]1[C@@H](O)CC2OC(CCc3ccccc3)CC[C@@H]21. The topological polar surface area (TPSA) is 66.8 Å². The first-order valence-electron chi connectivity index (χ1n) is 10.9. The Bertz CT molecular complexity index is 627. The zero-order valence-corrected chi connectivity index (χ0v) is 16.7. The summed E-state index contributed by atoms with van der Waals surface area (Å²) in [5.41, 5.74) is 1.37. The molecule has 2 N–H and O–H groups in total. The van der Waals surface area contributed by atoms with Crippen LogP contribution >= 0.6 is 0 Å². The third-order valence-corrected chi connectivity index (χ3v) is 6.37. The van der Waals surface area contributed by atoms with E-state index in [9.17, 15) is 9.90 Å².